The second-order valence-corrected chi connectivity index (χ2v) is 6.31. The number of benzene rings is 2. The van der Waals surface area contributed by atoms with Crippen molar-refractivity contribution in [2.24, 2.45) is 0 Å². The molecule has 0 heterocycles. The molecule has 0 aliphatic rings. The molecule has 0 unspecified atom stereocenters. The van der Waals surface area contributed by atoms with Crippen LogP contribution in [0.2, 0.25) is 0 Å². The van der Waals surface area contributed by atoms with Crippen LogP contribution in [-0.2, 0) is 4.79 Å². The van der Waals surface area contributed by atoms with Gasteiger partial charge in [0.15, 0.2) is 6.10 Å². The Bertz CT molecular complexity index is 682. The highest BCUT2D eigenvalue weighted by Crippen LogP contribution is 2.19. The summed E-state index contributed by atoms with van der Waals surface area (Å²) < 4.78 is 11.6. The summed E-state index contributed by atoms with van der Waals surface area (Å²) >= 11 is 0. The van der Waals surface area contributed by atoms with Crippen LogP contribution in [0.1, 0.15) is 31.4 Å². The van der Waals surface area contributed by atoms with Gasteiger partial charge in [0.05, 0.1) is 6.04 Å². The molecule has 0 radical (unpaired) electrons. The third-order valence-electron chi connectivity index (χ3n) is 3.94. The van der Waals surface area contributed by atoms with Gasteiger partial charge in [0, 0.05) is 0 Å². The second kappa shape index (κ2) is 9.11. The SMILES string of the molecule is CC[C@@H](Oc1ccccc1C)C(=O)N[C@@H](C)COc1ccc(C)cc1. The summed E-state index contributed by atoms with van der Waals surface area (Å²) in [6.45, 7) is 8.28. The minimum absolute atomic E-state index is 0.108. The molecule has 4 nitrogen and oxygen atoms in total. The number of hydrogen-bond donors (Lipinski definition) is 1. The lowest BCUT2D eigenvalue weighted by Gasteiger charge is -2.21. The van der Waals surface area contributed by atoms with E-state index in [-0.39, 0.29) is 11.9 Å². The molecule has 0 aliphatic heterocycles. The molecule has 25 heavy (non-hydrogen) atoms. The van der Waals surface area contributed by atoms with E-state index >= 15 is 0 Å². The number of aryl methyl sites for hydroxylation is 2. The molecule has 2 rings (SSSR count). The quantitative estimate of drug-likeness (QED) is 0.788. The molecule has 2 atom stereocenters. The number of hydrogen-bond acceptors (Lipinski definition) is 3. The Kier molecular flexibility index (Phi) is 6.87. The first-order valence-electron chi connectivity index (χ1n) is 8.71. The molecule has 0 spiro atoms. The molecule has 0 fully saturated rings. The van der Waals surface area contributed by atoms with Crippen molar-refractivity contribution in [3.05, 3.63) is 59.7 Å². The summed E-state index contributed by atoms with van der Waals surface area (Å²) in [6, 6.07) is 15.5. The molecular formula is C21H27NO3. The van der Waals surface area contributed by atoms with Crippen molar-refractivity contribution in [2.75, 3.05) is 6.61 Å². The van der Waals surface area contributed by atoms with Crippen LogP contribution in [0, 0.1) is 13.8 Å². The Labute approximate surface area is 150 Å². The number of para-hydroxylation sites is 1. The Morgan fingerprint density at radius 3 is 2.40 bits per heavy atom. The highest BCUT2D eigenvalue weighted by molar-refractivity contribution is 5.81. The van der Waals surface area contributed by atoms with E-state index in [1.165, 1.54) is 5.56 Å². The Hall–Kier alpha value is -2.49. The van der Waals surface area contributed by atoms with Crippen LogP contribution in [0.3, 0.4) is 0 Å². The molecule has 1 amide bonds. The summed E-state index contributed by atoms with van der Waals surface area (Å²) in [5.74, 6) is 1.42. The van der Waals surface area contributed by atoms with E-state index in [1.807, 2.05) is 76.2 Å². The predicted octanol–water partition coefficient (Wildman–Crippen LogP) is 4.04. The van der Waals surface area contributed by atoms with Crippen molar-refractivity contribution in [3.63, 3.8) is 0 Å². The summed E-state index contributed by atoms with van der Waals surface area (Å²) in [5, 5.41) is 2.96. The monoisotopic (exact) mass is 341 g/mol. The molecular weight excluding hydrogens is 314 g/mol. The van der Waals surface area contributed by atoms with E-state index in [0.29, 0.717) is 13.0 Å². The zero-order valence-electron chi connectivity index (χ0n) is 15.4. The van der Waals surface area contributed by atoms with Crippen LogP contribution in [0.15, 0.2) is 48.5 Å². The molecule has 0 saturated carbocycles. The van der Waals surface area contributed by atoms with Gasteiger partial charge in [-0.2, -0.15) is 0 Å². The van der Waals surface area contributed by atoms with Gasteiger partial charge in [0.25, 0.3) is 5.91 Å². The van der Waals surface area contributed by atoms with E-state index in [9.17, 15) is 4.79 Å². The van der Waals surface area contributed by atoms with Gasteiger partial charge in [-0.15, -0.1) is 0 Å². The summed E-state index contributed by atoms with van der Waals surface area (Å²) in [6.07, 6.45) is 0.0917. The Balaban J connectivity index is 1.85. The number of carbonyl (C=O) groups excluding carboxylic acids is 1. The molecule has 134 valence electrons. The van der Waals surface area contributed by atoms with E-state index < -0.39 is 6.10 Å². The van der Waals surface area contributed by atoms with Gasteiger partial charge in [-0.1, -0.05) is 42.8 Å². The van der Waals surface area contributed by atoms with Gasteiger partial charge in [0.2, 0.25) is 0 Å². The van der Waals surface area contributed by atoms with Gasteiger partial charge < -0.3 is 14.8 Å². The minimum Gasteiger partial charge on any atom is -0.491 e. The van der Waals surface area contributed by atoms with Crippen molar-refractivity contribution in [1.29, 1.82) is 0 Å². The number of amides is 1. The van der Waals surface area contributed by atoms with Crippen LogP contribution < -0.4 is 14.8 Å². The second-order valence-electron chi connectivity index (χ2n) is 6.31. The standard InChI is InChI=1S/C21H27NO3/c1-5-19(25-20-9-7-6-8-16(20)3)21(23)22-17(4)14-24-18-12-10-15(2)11-13-18/h6-13,17,19H,5,14H2,1-4H3,(H,22,23)/t17-,19+/m0/s1. The van der Waals surface area contributed by atoms with Gasteiger partial charge in [-0.3, -0.25) is 4.79 Å². The third-order valence-corrected chi connectivity index (χ3v) is 3.94. The number of rotatable bonds is 8. The maximum atomic E-state index is 12.5. The van der Waals surface area contributed by atoms with Crippen molar-refractivity contribution in [1.82, 2.24) is 5.32 Å². The highest BCUT2D eigenvalue weighted by atomic mass is 16.5. The largest absolute Gasteiger partial charge is 0.491 e. The lowest BCUT2D eigenvalue weighted by atomic mass is 10.2. The number of ether oxygens (including phenoxy) is 2. The van der Waals surface area contributed by atoms with Crippen molar-refractivity contribution >= 4 is 5.91 Å². The zero-order chi connectivity index (χ0) is 18.2. The highest BCUT2D eigenvalue weighted by Gasteiger charge is 2.20. The van der Waals surface area contributed by atoms with E-state index in [1.54, 1.807) is 0 Å². The van der Waals surface area contributed by atoms with Gasteiger partial charge in [-0.05, 0) is 51.0 Å². The Morgan fingerprint density at radius 2 is 1.76 bits per heavy atom. The minimum atomic E-state index is -0.511. The maximum Gasteiger partial charge on any atom is 0.261 e. The topological polar surface area (TPSA) is 47.6 Å². The van der Waals surface area contributed by atoms with Gasteiger partial charge in [0.1, 0.15) is 18.1 Å². The molecule has 0 aliphatic carbocycles. The zero-order valence-corrected chi connectivity index (χ0v) is 15.4. The van der Waals surface area contributed by atoms with E-state index in [0.717, 1.165) is 17.1 Å². The van der Waals surface area contributed by atoms with Crippen molar-refractivity contribution in [2.45, 2.75) is 46.3 Å². The molecule has 0 bridgehead atoms. The van der Waals surface area contributed by atoms with Crippen molar-refractivity contribution < 1.29 is 14.3 Å². The van der Waals surface area contributed by atoms with Crippen LogP contribution in [0.25, 0.3) is 0 Å². The van der Waals surface area contributed by atoms with Crippen molar-refractivity contribution in [3.8, 4) is 11.5 Å². The van der Waals surface area contributed by atoms with Crippen LogP contribution in [0.5, 0.6) is 11.5 Å². The number of carbonyl (C=O) groups is 1. The normalized spacial score (nSPS) is 13.0. The van der Waals surface area contributed by atoms with Crippen LogP contribution in [-0.4, -0.2) is 24.7 Å². The summed E-state index contributed by atoms with van der Waals surface area (Å²) in [7, 11) is 0. The Morgan fingerprint density at radius 1 is 1.08 bits per heavy atom. The molecule has 0 aromatic heterocycles. The molecule has 0 saturated heterocycles. The lowest BCUT2D eigenvalue weighted by Crippen LogP contribution is -2.44. The van der Waals surface area contributed by atoms with E-state index in [4.69, 9.17) is 9.47 Å². The fourth-order valence-corrected chi connectivity index (χ4v) is 2.40. The fourth-order valence-electron chi connectivity index (χ4n) is 2.40. The third kappa shape index (κ3) is 5.82. The number of nitrogens with one attached hydrogen (secondary N) is 1. The van der Waals surface area contributed by atoms with E-state index in [2.05, 4.69) is 5.32 Å². The van der Waals surface area contributed by atoms with Crippen LogP contribution >= 0.6 is 0 Å². The average molecular weight is 341 g/mol. The molecule has 2 aromatic carbocycles. The smallest absolute Gasteiger partial charge is 0.261 e. The lowest BCUT2D eigenvalue weighted by molar-refractivity contribution is -0.129. The maximum absolute atomic E-state index is 12.5. The first-order valence-corrected chi connectivity index (χ1v) is 8.71. The van der Waals surface area contributed by atoms with Gasteiger partial charge in [-0.25, -0.2) is 0 Å². The van der Waals surface area contributed by atoms with Gasteiger partial charge >= 0.3 is 0 Å². The summed E-state index contributed by atoms with van der Waals surface area (Å²) in [5.41, 5.74) is 2.21. The first kappa shape index (κ1) is 18.8. The first-order chi connectivity index (χ1) is 12.0. The molecule has 2 aromatic rings. The van der Waals surface area contributed by atoms with Crippen LogP contribution in [0.4, 0.5) is 0 Å². The molecule has 1 N–H and O–H groups in total. The summed E-state index contributed by atoms with van der Waals surface area (Å²) in [4.78, 5) is 12.5. The molecule has 4 heteroatoms. The average Bonchev–Trinajstić information content (AvgIpc) is 2.60. The fraction of sp³-hybridized carbons (Fsp3) is 0.381. The predicted molar refractivity (Wildman–Crippen MR) is 100 cm³/mol.